The predicted octanol–water partition coefficient (Wildman–Crippen LogP) is 3.15. The molecule has 3 rings (SSSR count). The number of carbonyl (C=O) groups is 3. The Bertz CT molecular complexity index is 900. The van der Waals surface area contributed by atoms with Crippen LogP contribution in [0.15, 0.2) is 42.5 Å². The van der Waals surface area contributed by atoms with E-state index >= 15 is 0 Å². The monoisotopic (exact) mass is 386 g/mol. The van der Waals surface area contributed by atoms with Crippen LogP contribution in [0.2, 0.25) is 5.02 Å². The summed E-state index contributed by atoms with van der Waals surface area (Å²) in [6.07, 6.45) is 0.0961. The first-order valence-corrected chi connectivity index (χ1v) is 8.82. The Hall–Kier alpha value is -3.06. The van der Waals surface area contributed by atoms with Crippen molar-refractivity contribution >= 4 is 46.5 Å². The predicted molar refractivity (Wildman–Crippen MR) is 105 cm³/mol. The van der Waals surface area contributed by atoms with E-state index in [1.807, 2.05) is 13.0 Å². The number of rotatable bonds is 4. The van der Waals surface area contributed by atoms with Crippen molar-refractivity contribution in [3.8, 4) is 0 Å². The number of carbonyl (C=O) groups excluding carboxylic acids is 3. The van der Waals surface area contributed by atoms with Crippen LogP contribution in [0.5, 0.6) is 0 Å². The number of nitrogens with one attached hydrogen (secondary N) is 3. The largest absolute Gasteiger partial charge is 0.337 e. The number of amides is 4. The van der Waals surface area contributed by atoms with Crippen LogP contribution in [0, 0.1) is 6.92 Å². The molecule has 0 aromatic heterocycles. The second-order valence-electron chi connectivity index (χ2n) is 6.15. The summed E-state index contributed by atoms with van der Waals surface area (Å²) >= 11 is 6.04. The molecule has 0 fully saturated rings. The van der Waals surface area contributed by atoms with E-state index < -0.39 is 6.03 Å². The zero-order chi connectivity index (χ0) is 19.4. The molecule has 0 saturated heterocycles. The first-order valence-electron chi connectivity index (χ1n) is 8.44. The van der Waals surface area contributed by atoms with Crippen LogP contribution in [-0.2, 0) is 9.59 Å². The maximum atomic E-state index is 12.4. The third-order valence-electron chi connectivity index (χ3n) is 4.10. The first kappa shape index (κ1) is 18.7. The van der Waals surface area contributed by atoms with Gasteiger partial charge in [0.2, 0.25) is 11.8 Å². The second kappa shape index (κ2) is 8.09. The van der Waals surface area contributed by atoms with E-state index in [2.05, 4.69) is 16.0 Å². The molecule has 27 heavy (non-hydrogen) atoms. The van der Waals surface area contributed by atoms with Gasteiger partial charge in [-0.15, -0.1) is 0 Å². The highest BCUT2D eigenvalue weighted by molar-refractivity contribution is 6.31. The number of aryl methyl sites for hydroxylation is 1. The molecule has 0 spiro atoms. The molecule has 1 heterocycles. The van der Waals surface area contributed by atoms with Gasteiger partial charge in [0.05, 0.1) is 11.4 Å². The Morgan fingerprint density at radius 2 is 2.00 bits per heavy atom. The number of para-hydroxylation sites is 2. The molecule has 0 bridgehead atoms. The average Bonchev–Trinajstić information content (AvgIpc) is 2.64. The minimum Gasteiger partial charge on any atom is -0.337 e. The number of anilines is 3. The minimum absolute atomic E-state index is 0.0725. The summed E-state index contributed by atoms with van der Waals surface area (Å²) in [5.74, 6) is -0.509. The van der Waals surface area contributed by atoms with Crippen molar-refractivity contribution in [3.05, 3.63) is 53.1 Å². The van der Waals surface area contributed by atoms with Gasteiger partial charge in [-0.05, 0) is 36.8 Å². The molecule has 1 aliphatic rings. The third-order valence-corrected chi connectivity index (χ3v) is 4.51. The molecule has 2 aromatic rings. The van der Waals surface area contributed by atoms with Crippen LogP contribution >= 0.6 is 11.6 Å². The zero-order valence-corrected chi connectivity index (χ0v) is 15.5. The lowest BCUT2D eigenvalue weighted by molar-refractivity contribution is -0.116. The molecule has 0 radical (unpaired) electrons. The van der Waals surface area contributed by atoms with Crippen LogP contribution in [0.25, 0.3) is 0 Å². The van der Waals surface area contributed by atoms with Crippen LogP contribution in [-0.4, -0.2) is 30.9 Å². The number of hydrogen-bond acceptors (Lipinski definition) is 3. The van der Waals surface area contributed by atoms with Gasteiger partial charge in [-0.1, -0.05) is 29.8 Å². The molecule has 140 valence electrons. The molecule has 8 heteroatoms. The molecular weight excluding hydrogens is 368 g/mol. The van der Waals surface area contributed by atoms with E-state index in [-0.39, 0.29) is 31.3 Å². The number of urea groups is 1. The molecule has 1 aliphatic heterocycles. The molecular formula is C19H19ClN4O3. The van der Waals surface area contributed by atoms with Gasteiger partial charge in [-0.2, -0.15) is 0 Å². The third kappa shape index (κ3) is 4.57. The molecule has 0 saturated carbocycles. The van der Waals surface area contributed by atoms with Crippen LogP contribution in [0.3, 0.4) is 0 Å². The summed E-state index contributed by atoms with van der Waals surface area (Å²) in [6.45, 7) is 1.95. The Balaban J connectivity index is 1.53. The lowest BCUT2D eigenvalue weighted by atomic mass is 10.2. The van der Waals surface area contributed by atoms with Gasteiger partial charge >= 0.3 is 6.03 Å². The van der Waals surface area contributed by atoms with Gasteiger partial charge in [0.25, 0.3) is 0 Å². The van der Waals surface area contributed by atoms with E-state index in [0.717, 1.165) is 5.56 Å². The van der Waals surface area contributed by atoms with Crippen molar-refractivity contribution in [1.29, 1.82) is 0 Å². The minimum atomic E-state index is -0.427. The Morgan fingerprint density at radius 1 is 1.22 bits per heavy atom. The number of nitrogens with zero attached hydrogens (tertiary/aromatic N) is 1. The standard InChI is InChI=1S/C19H19ClN4O3/c1-12-6-7-13(10-14(12)20)22-17(25)8-9-21-19(27)24-11-18(26)23-15-4-2-3-5-16(15)24/h2-7,10H,8-9,11H2,1H3,(H,21,27)(H,22,25)(H,23,26). The van der Waals surface area contributed by atoms with E-state index in [0.29, 0.717) is 22.1 Å². The summed E-state index contributed by atoms with van der Waals surface area (Å²) < 4.78 is 0. The quantitative estimate of drug-likeness (QED) is 0.753. The van der Waals surface area contributed by atoms with Gasteiger partial charge in [-0.3, -0.25) is 14.5 Å². The molecule has 0 unspecified atom stereocenters. The fourth-order valence-electron chi connectivity index (χ4n) is 2.69. The second-order valence-corrected chi connectivity index (χ2v) is 6.55. The van der Waals surface area contributed by atoms with Crippen LogP contribution < -0.4 is 20.9 Å². The summed E-state index contributed by atoms with van der Waals surface area (Å²) in [5, 5.41) is 8.70. The van der Waals surface area contributed by atoms with Crippen LogP contribution in [0.4, 0.5) is 21.9 Å². The zero-order valence-electron chi connectivity index (χ0n) is 14.7. The van der Waals surface area contributed by atoms with E-state index in [1.54, 1.807) is 36.4 Å². The average molecular weight is 387 g/mol. The van der Waals surface area contributed by atoms with Crippen molar-refractivity contribution in [2.45, 2.75) is 13.3 Å². The van der Waals surface area contributed by atoms with Gasteiger partial charge in [0, 0.05) is 23.7 Å². The highest BCUT2D eigenvalue weighted by Crippen LogP contribution is 2.28. The van der Waals surface area contributed by atoms with Crippen LogP contribution in [0.1, 0.15) is 12.0 Å². The fourth-order valence-corrected chi connectivity index (χ4v) is 2.87. The highest BCUT2D eigenvalue weighted by Gasteiger charge is 2.26. The summed E-state index contributed by atoms with van der Waals surface area (Å²) in [7, 11) is 0. The van der Waals surface area contributed by atoms with Crippen molar-refractivity contribution in [3.63, 3.8) is 0 Å². The van der Waals surface area contributed by atoms with Crippen molar-refractivity contribution in [2.75, 3.05) is 28.6 Å². The lowest BCUT2D eigenvalue weighted by Crippen LogP contribution is -2.47. The number of hydrogen-bond donors (Lipinski definition) is 3. The fraction of sp³-hybridized carbons (Fsp3) is 0.211. The van der Waals surface area contributed by atoms with Crippen molar-refractivity contribution < 1.29 is 14.4 Å². The topological polar surface area (TPSA) is 90.5 Å². The molecule has 0 atom stereocenters. The smallest absolute Gasteiger partial charge is 0.322 e. The number of fused-ring (bicyclic) bond motifs is 1. The maximum absolute atomic E-state index is 12.4. The van der Waals surface area contributed by atoms with E-state index in [9.17, 15) is 14.4 Å². The SMILES string of the molecule is Cc1ccc(NC(=O)CCNC(=O)N2CC(=O)Nc3ccccc32)cc1Cl. The number of halogens is 1. The lowest BCUT2D eigenvalue weighted by Gasteiger charge is -2.29. The number of benzene rings is 2. The van der Waals surface area contributed by atoms with Crippen molar-refractivity contribution in [1.82, 2.24) is 5.32 Å². The van der Waals surface area contributed by atoms with Gasteiger partial charge in [-0.25, -0.2) is 4.79 Å². The molecule has 0 aliphatic carbocycles. The van der Waals surface area contributed by atoms with E-state index in [1.165, 1.54) is 4.90 Å². The summed E-state index contributed by atoms with van der Waals surface area (Å²) in [5.41, 5.74) is 2.72. The maximum Gasteiger partial charge on any atom is 0.322 e. The Labute approximate surface area is 161 Å². The summed E-state index contributed by atoms with van der Waals surface area (Å²) in [4.78, 5) is 37.6. The molecule has 4 amide bonds. The van der Waals surface area contributed by atoms with Gasteiger partial charge in [0.1, 0.15) is 6.54 Å². The van der Waals surface area contributed by atoms with Crippen molar-refractivity contribution in [2.24, 2.45) is 0 Å². The normalized spacial score (nSPS) is 12.8. The van der Waals surface area contributed by atoms with Gasteiger partial charge in [0.15, 0.2) is 0 Å². The first-order chi connectivity index (χ1) is 12.9. The van der Waals surface area contributed by atoms with E-state index in [4.69, 9.17) is 11.6 Å². The molecule has 2 aromatic carbocycles. The Kier molecular flexibility index (Phi) is 5.61. The molecule has 7 nitrogen and oxygen atoms in total. The Morgan fingerprint density at radius 3 is 2.78 bits per heavy atom. The highest BCUT2D eigenvalue weighted by atomic mass is 35.5. The summed E-state index contributed by atoms with van der Waals surface area (Å²) in [6, 6.07) is 11.9. The molecule has 3 N–H and O–H groups in total. The van der Waals surface area contributed by atoms with Gasteiger partial charge < -0.3 is 16.0 Å².